The summed E-state index contributed by atoms with van der Waals surface area (Å²) < 4.78 is 10.8. The Morgan fingerprint density at radius 1 is 1.21 bits per heavy atom. The van der Waals surface area contributed by atoms with Crippen molar-refractivity contribution in [2.45, 2.75) is 26.0 Å². The van der Waals surface area contributed by atoms with Crippen LogP contribution < -0.4 is 0 Å². The molecule has 3 nitrogen and oxygen atoms in total. The molecule has 0 saturated carbocycles. The summed E-state index contributed by atoms with van der Waals surface area (Å²) in [6, 6.07) is 7.36. The van der Waals surface area contributed by atoms with Gasteiger partial charge in [0.15, 0.2) is 0 Å². The fourth-order valence-corrected chi connectivity index (χ4v) is 2.29. The van der Waals surface area contributed by atoms with E-state index in [2.05, 4.69) is 0 Å². The molecule has 0 radical (unpaired) electrons. The standard InChI is InChI=1S/C14H18O3S2/c1-3-9-17-13(15)12-7-5-11(6-8-12)10-19-14(18)16-4-2/h5-8H,3-4,9-10H2,1-2H3. The number of thioether (sulfide) groups is 1. The van der Waals surface area contributed by atoms with E-state index in [4.69, 9.17) is 21.7 Å². The summed E-state index contributed by atoms with van der Waals surface area (Å²) in [6.07, 6.45) is 0.829. The lowest BCUT2D eigenvalue weighted by Gasteiger charge is -2.06. The van der Waals surface area contributed by atoms with Crippen LogP contribution >= 0.6 is 24.0 Å². The summed E-state index contributed by atoms with van der Waals surface area (Å²) in [5.41, 5.74) is 1.67. The molecule has 0 bridgehead atoms. The van der Waals surface area contributed by atoms with Crippen molar-refractivity contribution in [3.63, 3.8) is 0 Å². The van der Waals surface area contributed by atoms with Gasteiger partial charge < -0.3 is 9.47 Å². The lowest BCUT2D eigenvalue weighted by molar-refractivity contribution is 0.0505. The third-order valence-electron chi connectivity index (χ3n) is 2.25. The van der Waals surface area contributed by atoms with Gasteiger partial charge in [0.05, 0.1) is 18.8 Å². The first kappa shape index (κ1) is 16.0. The molecule has 0 aliphatic carbocycles. The number of carbonyl (C=O) groups is 1. The average molecular weight is 298 g/mol. The van der Waals surface area contributed by atoms with Crippen LogP contribution in [0, 0.1) is 0 Å². The minimum absolute atomic E-state index is 0.272. The molecule has 1 aromatic carbocycles. The molecule has 0 heterocycles. The zero-order valence-corrected chi connectivity index (χ0v) is 12.8. The minimum Gasteiger partial charge on any atom is -0.479 e. The minimum atomic E-state index is -0.272. The molecule has 0 aliphatic rings. The summed E-state index contributed by atoms with van der Waals surface area (Å²) in [4.78, 5) is 11.6. The topological polar surface area (TPSA) is 35.5 Å². The Labute approximate surface area is 123 Å². The molecule has 1 aromatic rings. The molecule has 0 aromatic heterocycles. The molecule has 0 aliphatic heterocycles. The van der Waals surface area contributed by atoms with Crippen LogP contribution in [0.15, 0.2) is 24.3 Å². The summed E-state index contributed by atoms with van der Waals surface area (Å²) in [5, 5.41) is 0. The van der Waals surface area contributed by atoms with Gasteiger partial charge >= 0.3 is 5.97 Å². The summed E-state index contributed by atoms with van der Waals surface area (Å²) in [7, 11) is 0. The Morgan fingerprint density at radius 2 is 1.89 bits per heavy atom. The first-order chi connectivity index (χ1) is 9.17. The number of carbonyl (C=O) groups excluding carboxylic acids is 1. The Morgan fingerprint density at radius 3 is 2.47 bits per heavy atom. The van der Waals surface area contributed by atoms with Gasteiger partial charge in [0.1, 0.15) is 0 Å². The van der Waals surface area contributed by atoms with Crippen LogP contribution in [0.4, 0.5) is 0 Å². The normalized spacial score (nSPS) is 10.0. The van der Waals surface area contributed by atoms with Crippen LogP contribution in [-0.4, -0.2) is 23.6 Å². The third-order valence-corrected chi connectivity index (χ3v) is 3.55. The Kier molecular flexibility index (Phi) is 7.52. The van der Waals surface area contributed by atoms with Crippen molar-refractivity contribution in [2.24, 2.45) is 0 Å². The summed E-state index contributed by atoms with van der Waals surface area (Å²) in [6.45, 7) is 4.92. The van der Waals surface area contributed by atoms with Crippen LogP contribution in [0.2, 0.25) is 0 Å². The Balaban J connectivity index is 2.47. The van der Waals surface area contributed by atoms with Gasteiger partial charge in [-0.3, -0.25) is 0 Å². The van der Waals surface area contributed by atoms with E-state index in [1.165, 1.54) is 11.8 Å². The van der Waals surface area contributed by atoms with Crippen molar-refractivity contribution in [1.29, 1.82) is 0 Å². The highest BCUT2D eigenvalue weighted by Gasteiger charge is 2.06. The van der Waals surface area contributed by atoms with Gasteiger partial charge in [-0.2, -0.15) is 0 Å². The van der Waals surface area contributed by atoms with Gasteiger partial charge in [-0.25, -0.2) is 4.79 Å². The second-order valence-corrected chi connectivity index (χ2v) is 5.38. The van der Waals surface area contributed by atoms with Crippen LogP contribution in [0.25, 0.3) is 0 Å². The molecule has 19 heavy (non-hydrogen) atoms. The largest absolute Gasteiger partial charge is 0.479 e. The predicted molar refractivity (Wildman–Crippen MR) is 82.5 cm³/mol. The van der Waals surface area contributed by atoms with Crippen molar-refractivity contribution in [2.75, 3.05) is 13.2 Å². The number of hydrogen-bond acceptors (Lipinski definition) is 5. The fraction of sp³-hybridized carbons (Fsp3) is 0.429. The van der Waals surface area contributed by atoms with E-state index in [0.717, 1.165) is 17.7 Å². The maximum Gasteiger partial charge on any atom is 0.338 e. The van der Waals surface area contributed by atoms with E-state index < -0.39 is 0 Å². The van der Waals surface area contributed by atoms with Crippen molar-refractivity contribution in [1.82, 2.24) is 0 Å². The molecule has 104 valence electrons. The lowest BCUT2D eigenvalue weighted by Crippen LogP contribution is -2.05. The average Bonchev–Trinajstić information content (AvgIpc) is 2.43. The van der Waals surface area contributed by atoms with E-state index in [-0.39, 0.29) is 5.97 Å². The molecule has 0 N–H and O–H groups in total. The van der Waals surface area contributed by atoms with E-state index in [0.29, 0.717) is 23.2 Å². The van der Waals surface area contributed by atoms with Gasteiger partial charge in [0.2, 0.25) is 4.38 Å². The molecule has 0 atom stereocenters. The number of thiocarbonyl (C=S) groups is 1. The second-order valence-electron chi connectivity index (χ2n) is 3.80. The molecule has 0 spiro atoms. The monoisotopic (exact) mass is 298 g/mol. The van der Waals surface area contributed by atoms with E-state index in [9.17, 15) is 4.79 Å². The lowest BCUT2D eigenvalue weighted by atomic mass is 10.1. The molecule has 0 unspecified atom stereocenters. The smallest absolute Gasteiger partial charge is 0.338 e. The first-order valence-electron chi connectivity index (χ1n) is 6.23. The number of rotatable bonds is 6. The van der Waals surface area contributed by atoms with Crippen LogP contribution in [-0.2, 0) is 15.2 Å². The molecule has 5 heteroatoms. The summed E-state index contributed by atoms with van der Waals surface area (Å²) >= 11 is 6.51. The van der Waals surface area contributed by atoms with Gasteiger partial charge in [0, 0.05) is 5.75 Å². The third kappa shape index (κ3) is 6.07. The van der Waals surface area contributed by atoms with Crippen molar-refractivity contribution >= 4 is 34.3 Å². The molecule has 0 amide bonds. The van der Waals surface area contributed by atoms with E-state index >= 15 is 0 Å². The maximum atomic E-state index is 11.6. The van der Waals surface area contributed by atoms with Gasteiger partial charge in [0.25, 0.3) is 0 Å². The quantitative estimate of drug-likeness (QED) is 0.589. The highest BCUT2D eigenvalue weighted by molar-refractivity contribution is 8.22. The first-order valence-corrected chi connectivity index (χ1v) is 7.62. The van der Waals surface area contributed by atoms with Crippen LogP contribution in [0.3, 0.4) is 0 Å². The molecule has 0 saturated heterocycles. The highest BCUT2D eigenvalue weighted by atomic mass is 32.2. The number of hydrogen-bond donors (Lipinski definition) is 0. The van der Waals surface area contributed by atoms with E-state index in [1.807, 2.05) is 26.0 Å². The van der Waals surface area contributed by atoms with Crippen molar-refractivity contribution in [3.05, 3.63) is 35.4 Å². The summed E-state index contributed by atoms with van der Waals surface area (Å²) in [5.74, 6) is 0.467. The zero-order chi connectivity index (χ0) is 14.1. The van der Waals surface area contributed by atoms with Gasteiger partial charge in [-0.05, 0) is 43.3 Å². The fourth-order valence-electron chi connectivity index (χ4n) is 1.32. The van der Waals surface area contributed by atoms with Crippen molar-refractivity contribution < 1.29 is 14.3 Å². The van der Waals surface area contributed by atoms with Crippen LogP contribution in [0.5, 0.6) is 0 Å². The number of ether oxygens (including phenoxy) is 2. The Bertz CT molecular complexity index is 415. The molecular formula is C14H18O3S2. The SMILES string of the molecule is CCCOC(=O)c1ccc(CSC(=S)OCC)cc1. The molecule has 0 fully saturated rings. The second kappa shape index (κ2) is 8.93. The van der Waals surface area contributed by atoms with Gasteiger partial charge in [-0.15, -0.1) is 0 Å². The predicted octanol–water partition coefficient (Wildman–Crippen LogP) is 3.81. The van der Waals surface area contributed by atoms with E-state index in [1.54, 1.807) is 12.1 Å². The molecular weight excluding hydrogens is 280 g/mol. The van der Waals surface area contributed by atoms with Crippen LogP contribution in [0.1, 0.15) is 36.2 Å². The highest BCUT2D eigenvalue weighted by Crippen LogP contribution is 2.16. The van der Waals surface area contributed by atoms with Gasteiger partial charge in [-0.1, -0.05) is 30.8 Å². The maximum absolute atomic E-state index is 11.6. The number of benzene rings is 1. The zero-order valence-electron chi connectivity index (χ0n) is 11.2. The van der Waals surface area contributed by atoms with Crippen molar-refractivity contribution in [3.8, 4) is 0 Å². The molecule has 1 rings (SSSR count). The Hall–Kier alpha value is -1.07. The number of esters is 1.